The number of nitrogens with one attached hydrogen (secondary N) is 2. The Kier molecular flexibility index (Phi) is 3.77. The van der Waals surface area contributed by atoms with Gasteiger partial charge in [0.1, 0.15) is 0 Å². The lowest BCUT2D eigenvalue weighted by atomic mass is 10.3. The summed E-state index contributed by atoms with van der Waals surface area (Å²) >= 11 is 0. The minimum atomic E-state index is 0.332. The summed E-state index contributed by atoms with van der Waals surface area (Å²) in [6, 6.07) is 4.10. The first-order valence-corrected chi connectivity index (χ1v) is 5.48. The largest absolute Gasteiger partial charge is 0.374 e. The molecule has 2 N–H and O–H groups in total. The fourth-order valence-corrected chi connectivity index (χ4v) is 1.84. The van der Waals surface area contributed by atoms with Gasteiger partial charge in [0, 0.05) is 38.1 Å². The van der Waals surface area contributed by atoms with Crippen LogP contribution in [0.1, 0.15) is 5.69 Å². The van der Waals surface area contributed by atoms with Crippen molar-refractivity contribution in [3.63, 3.8) is 0 Å². The molecule has 1 saturated heterocycles. The summed E-state index contributed by atoms with van der Waals surface area (Å²) in [4.78, 5) is 5.48. The van der Waals surface area contributed by atoms with Crippen molar-refractivity contribution in [2.75, 3.05) is 33.3 Å². The Morgan fingerprint density at radius 3 is 3.33 bits per heavy atom. The molecular formula is C11H19N3O. The van der Waals surface area contributed by atoms with Crippen LogP contribution in [0.15, 0.2) is 18.3 Å². The SMILES string of the molecule is CN1CCOC(CNCc2ccc[nH]2)C1. The van der Waals surface area contributed by atoms with Crippen molar-refractivity contribution in [3.05, 3.63) is 24.0 Å². The standard InChI is InChI=1S/C11H19N3O/c1-14-5-6-15-11(9-14)8-12-7-10-3-2-4-13-10/h2-4,11-13H,5-9H2,1H3. The molecule has 1 aliphatic rings. The minimum absolute atomic E-state index is 0.332. The number of hydrogen-bond acceptors (Lipinski definition) is 3. The van der Waals surface area contributed by atoms with Crippen molar-refractivity contribution in [1.82, 2.24) is 15.2 Å². The number of hydrogen-bond donors (Lipinski definition) is 2. The van der Waals surface area contributed by atoms with E-state index in [4.69, 9.17) is 4.74 Å². The Morgan fingerprint density at radius 1 is 1.67 bits per heavy atom. The number of rotatable bonds is 4. The summed E-state index contributed by atoms with van der Waals surface area (Å²) in [5.41, 5.74) is 1.22. The molecule has 1 aromatic heterocycles. The van der Waals surface area contributed by atoms with Gasteiger partial charge in [0.2, 0.25) is 0 Å². The molecule has 0 amide bonds. The van der Waals surface area contributed by atoms with Crippen molar-refractivity contribution in [2.45, 2.75) is 12.6 Å². The zero-order chi connectivity index (χ0) is 10.5. The number of nitrogens with zero attached hydrogens (tertiary/aromatic N) is 1. The molecular weight excluding hydrogens is 190 g/mol. The molecule has 0 radical (unpaired) electrons. The van der Waals surface area contributed by atoms with Gasteiger partial charge in [0.15, 0.2) is 0 Å². The van der Waals surface area contributed by atoms with E-state index in [1.54, 1.807) is 0 Å². The second-order valence-corrected chi connectivity index (χ2v) is 4.08. The van der Waals surface area contributed by atoms with Gasteiger partial charge < -0.3 is 19.9 Å². The average molecular weight is 209 g/mol. The van der Waals surface area contributed by atoms with Gasteiger partial charge in [-0.15, -0.1) is 0 Å². The molecule has 1 aliphatic heterocycles. The van der Waals surface area contributed by atoms with Crippen LogP contribution in [0.4, 0.5) is 0 Å². The topological polar surface area (TPSA) is 40.3 Å². The van der Waals surface area contributed by atoms with Crippen LogP contribution in [0.25, 0.3) is 0 Å². The monoisotopic (exact) mass is 209 g/mol. The normalized spacial score (nSPS) is 23.1. The van der Waals surface area contributed by atoms with E-state index >= 15 is 0 Å². The lowest BCUT2D eigenvalue weighted by Gasteiger charge is -2.30. The number of ether oxygens (including phenoxy) is 1. The zero-order valence-electron chi connectivity index (χ0n) is 9.20. The van der Waals surface area contributed by atoms with E-state index in [1.165, 1.54) is 5.69 Å². The molecule has 0 saturated carbocycles. The molecule has 2 rings (SSSR count). The Morgan fingerprint density at radius 2 is 2.60 bits per heavy atom. The Hall–Kier alpha value is -0.840. The molecule has 1 fully saturated rings. The molecule has 4 heteroatoms. The fourth-order valence-electron chi connectivity index (χ4n) is 1.84. The minimum Gasteiger partial charge on any atom is -0.374 e. The summed E-state index contributed by atoms with van der Waals surface area (Å²) in [6.45, 7) is 4.73. The van der Waals surface area contributed by atoms with E-state index < -0.39 is 0 Å². The van der Waals surface area contributed by atoms with Crippen molar-refractivity contribution in [1.29, 1.82) is 0 Å². The van der Waals surface area contributed by atoms with E-state index in [0.29, 0.717) is 6.10 Å². The Bertz CT molecular complexity index is 273. The third-order valence-electron chi connectivity index (χ3n) is 2.69. The zero-order valence-corrected chi connectivity index (χ0v) is 9.20. The van der Waals surface area contributed by atoms with E-state index in [9.17, 15) is 0 Å². The number of aromatic nitrogens is 1. The maximum atomic E-state index is 5.65. The highest BCUT2D eigenvalue weighted by Gasteiger charge is 2.16. The van der Waals surface area contributed by atoms with Crippen LogP contribution in [0.5, 0.6) is 0 Å². The van der Waals surface area contributed by atoms with E-state index in [0.717, 1.165) is 32.8 Å². The molecule has 2 heterocycles. The van der Waals surface area contributed by atoms with Gasteiger partial charge in [-0.05, 0) is 19.2 Å². The van der Waals surface area contributed by atoms with E-state index in [-0.39, 0.29) is 0 Å². The fraction of sp³-hybridized carbons (Fsp3) is 0.636. The highest BCUT2D eigenvalue weighted by Crippen LogP contribution is 2.02. The summed E-state index contributed by atoms with van der Waals surface area (Å²) in [7, 11) is 2.14. The van der Waals surface area contributed by atoms with Crippen LogP contribution < -0.4 is 5.32 Å². The van der Waals surface area contributed by atoms with Crippen molar-refractivity contribution < 1.29 is 4.74 Å². The first kappa shape index (κ1) is 10.7. The summed E-state index contributed by atoms with van der Waals surface area (Å²) < 4.78 is 5.65. The number of likely N-dealkylation sites (N-methyl/N-ethyl adjacent to an activating group) is 1. The predicted molar refractivity (Wildman–Crippen MR) is 59.7 cm³/mol. The van der Waals surface area contributed by atoms with Crippen LogP contribution >= 0.6 is 0 Å². The second-order valence-electron chi connectivity index (χ2n) is 4.08. The van der Waals surface area contributed by atoms with Crippen LogP contribution in [0, 0.1) is 0 Å². The Balaban J connectivity index is 1.65. The van der Waals surface area contributed by atoms with Crippen LogP contribution in [0.3, 0.4) is 0 Å². The van der Waals surface area contributed by atoms with Crippen molar-refractivity contribution in [2.24, 2.45) is 0 Å². The van der Waals surface area contributed by atoms with Crippen LogP contribution in [0.2, 0.25) is 0 Å². The van der Waals surface area contributed by atoms with Gasteiger partial charge in [-0.3, -0.25) is 0 Å². The molecule has 84 valence electrons. The first-order valence-electron chi connectivity index (χ1n) is 5.48. The van der Waals surface area contributed by atoms with Gasteiger partial charge >= 0.3 is 0 Å². The molecule has 0 aromatic carbocycles. The Labute approximate surface area is 90.6 Å². The molecule has 1 aromatic rings. The first-order chi connectivity index (χ1) is 7.34. The highest BCUT2D eigenvalue weighted by molar-refractivity contribution is 5.02. The number of morpholine rings is 1. The highest BCUT2D eigenvalue weighted by atomic mass is 16.5. The van der Waals surface area contributed by atoms with Gasteiger partial charge in [0.25, 0.3) is 0 Å². The van der Waals surface area contributed by atoms with Crippen molar-refractivity contribution >= 4 is 0 Å². The van der Waals surface area contributed by atoms with E-state index in [1.807, 2.05) is 12.3 Å². The number of H-pyrrole nitrogens is 1. The molecule has 1 unspecified atom stereocenters. The molecule has 4 nitrogen and oxygen atoms in total. The smallest absolute Gasteiger partial charge is 0.0826 e. The molecule has 0 aliphatic carbocycles. The van der Waals surface area contributed by atoms with Crippen LogP contribution in [-0.4, -0.2) is 49.3 Å². The van der Waals surface area contributed by atoms with Gasteiger partial charge in [0.05, 0.1) is 12.7 Å². The summed E-state index contributed by atoms with van der Waals surface area (Å²) in [5.74, 6) is 0. The van der Waals surface area contributed by atoms with Gasteiger partial charge in [-0.2, -0.15) is 0 Å². The van der Waals surface area contributed by atoms with Crippen LogP contribution in [-0.2, 0) is 11.3 Å². The molecule has 0 bridgehead atoms. The number of aromatic amines is 1. The molecule has 0 spiro atoms. The average Bonchev–Trinajstić information content (AvgIpc) is 2.71. The van der Waals surface area contributed by atoms with Crippen molar-refractivity contribution in [3.8, 4) is 0 Å². The molecule has 15 heavy (non-hydrogen) atoms. The molecule has 1 atom stereocenters. The maximum Gasteiger partial charge on any atom is 0.0826 e. The summed E-state index contributed by atoms with van der Waals surface area (Å²) in [6.07, 6.45) is 2.28. The lowest BCUT2D eigenvalue weighted by molar-refractivity contribution is -0.0182. The third-order valence-corrected chi connectivity index (χ3v) is 2.69. The lowest BCUT2D eigenvalue weighted by Crippen LogP contribution is -2.44. The van der Waals surface area contributed by atoms with Gasteiger partial charge in [-0.25, -0.2) is 0 Å². The quantitative estimate of drug-likeness (QED) is 0.755. The third kappa shape index (κ3) is 3.34. The summed E-state index contributed by atoms with van der Waals surface area (Å²) in [5, 5.41) is 3.40. The van der Waals surface area contributed by atoms with E-state index in [2.05, 4.69) is 28.3 Å². The predicted octanol–water partition coefficient (Wildman–Crippen LogP) is 0.435. The van der Waals surface area contributed by atoms with Gasteiger partial charge in [-0.1, -0.05) is 0 Å². The maximum absolute atomic E-state index is 5.65. The second kappa shape index (κ2) is 5.30.